The molecule has 1 aromatic rings. The molecule has 1 aromatic heterocycles. The fraction of sp³-hybridized carbons (Fsp3) is 0.727. The van der Waals surface area contributed by atoms with Gasteiger partial charge in [0.15, 0.2) is 0 Å². The van der Waals surface area contributed by atoms with E-state index in [1.165, 1.54) is 0 Å². The Morgan fingerprint density at radius 3 is 3.07 bits per heavy atom. The third-order valence-corrected chi connectivity index (χ3v) is 3.77. The van der Waals surface area contributed by atoms with Crippen molar-refractivity contribution < 1.29 is 4.74 Å². The summed E-state index contributed by atoms with van der Waals surface area (Å²) in [6.45, 7) is 4.95. The van der Waals surface area contributed by atoms with Gasteiger partial charge < -0.3 is 10.5 Å². The Morgan fingerprint density at radius 2 is 2.53 bits per heavy atom. The molecule has 1 aliphatic heterocycles. The van der Waals surface area contributed by atoms with Crippen molar-refractivity contribution in [3.8, 4) is 0 Å². The Hall–Kier alpha value is -0.450. The number of ether oxygens (including phenoxy) is 1. The largest absolute Gasteiger partial charge is 0.378 e. The van der Waals surface area contributed by atoms with Crippen molar-refractivity contribution in [3.05, 3.63) is 16.1 Å². The van der Waals surface area contributed by atoms with Crippen LogP contribution in [0, 0.1) is 12.8 Å². The SMILES string of the molecule is Cc1nc(CC(N)C2COC(C)C2)cs1. The first-order valence-corrected chi connectivity index (χ1v) is 6.31. The second-order valence-corrected chi connectivity index (χ2v) is 5.43. The molecule has 0 bridgehead atoms. The maximum absolute atomic E-state index is 6.17. The van der Waals surface area contributed by atoms with E-state index < -0.39 is 0 Å². The van der Waals surface area contributed by atoms with E-state index >= 15 is 0 Å². The maximum Gasteiger partial charge on any atom is 0.0897 e. The van der Waals surface area contributed by atoms with Crippen molar-refractivity contribution >= 4 is 11.3 Å². The van der Waals surface area contributed by atoms with Crippen LogP contribution in [-0.2, 0) is 11.2 Å². The Bertz CT molecular complexity index is 326. The molecule has 0 spiro atoms. The summed E-state index contributed by atoms with van der Waals surface area (Å²) >= 11 is 1.69. The van der Waals surface area contributed by atoms with Gasteiger partial charge in [0.05, 0.1) is 23.4 Å². The zero-order chi connectivity index (χ0) is 10.8. The van der Waals surface area contributed by atoms with Gasteiger partial charge in [-0.1, -0.05) is 0 Å². The molecular formula is C11H18N2OS. The maximum atomic E-state index is 6.17. The minimum atomic E-state index is 0.191. The number of hydrogen-bond acceptors (Lipinski definition) is 4. The van der Waals surface area contributed by atoms with E-state index in [1.54, 1.807) is 11.3 Å². The fourth-order valence-corrected chi connectivity index (χ4v) is 2.68. The minimum Gasteiger partial charge on any atom is -0.378 e. The molecule has 0 aliphatic carbocycles. The summed E-state index contributed by atoms with van der Waals surface area (Å²) in [7, 11) is 0. The first-order valence-electron chi connectivity index (χ1n) is 5.43. The molecule has 4 heteroatoms. The number of thiazole rings is 1. The predicted octanol–water partition coefficient (Wildman–Crippen LogP) is 1.75. The molecule has 0 radical (unpaired) electrons. The van der Waals surface area contributed by atoms with E-state index in [0.29, 0.717) is 12.0 Å². The molecule has 0 aromatic carbocycles. The fourth-order valence-electron chi connectivity index (χ4n) is 2.06. The molecule has 84 valence electrons. The lowest BCUT2D eigenvalue weighted by Gasteiger charge is -2.16. The predicted molar refractivity (Wildman–Crippen MR) is 62.1 cm³/mol. The number of rotatable bonds is 3. The lowest BCUT2D eigenvalue weighted by atomic mass is 9.94. The standard InChI is InChI=1S/C11H18N2OS/c1-7-3-9(5-14-7)11(12)4-10-6-15-8(2)13-10/h6-7,9,11H,3-5,12H2,1-2H3. The molecule has 1 fully saturated rings. The van der Waals surface area contributed by atoms with Crippen molar-refractivity contribution in [1.29, 1.82) is 0 Å². The zero-order valence-corrected chi connectivity index (χ0v) is 10.1. The van der Waals surface area contributed by atoms with Gasteiger partial charge in [-0.2, -0.15) is 0 Å². The molecule has 3 atom stereocenters. The van der Waals surface area contributed by atoms with Crippen LogP contribution in [-0.4, -0.2) is 23.7 Å². The highest BCUT2D eigenvalue weighted by Gasteiger charge is 2.27. The second-order valence-electron chi connectivity index (χ2n) is 4.37. The summed E-state index contributed by atoms with van der Waals surface area (Å²) in [5.74, 6) is 0.502. The summed E-state index contributed by atoms with van der Waals surface area (Å²) < 4.78 is 5.53. The number of hydrogen-bond donors (Lipinski definition) is 1. The molecule has 15 heavy (non-hydrogen) atoms. The Morgan fingerprint density at radius 1 is 1.73 bits per heavy atom. The van der Waals surface area contributed by atoms with E-state index in [-0.39, 0.29) is 6.04 Å². The van der Waals surface area contributed by atoms with Gasteiger partial charge in [0, 0.05) is 23.8 Å². The Labute approximate surface area is 94.7 Å². The Kier molecular flexibility index (Phi) is 3.38. The van der Waals surface area contributed by atoms with Gasteiger partial charge in [-0.25, -0.2) is 4.98 Å². The van der Waals surface area contributed by atoms with Crippen molar-refractivity contribution in [1.82, 2.24) is 4.98 Å². The molecule has 0 saturated carbocycles. The monoisotopic (exact) mass is 226 g/mol. The summed E-state index contributed by atoms with van der Waals surface area (Å²) in [6, 6.07) is 0.191. The molecule has 3 nitrogen and oxygen atoms in total. The number of aryl methyl sites for hydroxylation is 1. The lowest BCUT2D eigenvalue weighted by molar-refractivity contribution is 0.118. The van der Waals surface area contributed by atoms with Crippen molar-refractivity contribution in [2.75, 3.05) is 6.61 Å². The van der Waals surface area contributed by atoms with Gasteiger partial charge in [0.25, 0.3) is 0 Å². The van der Waals surface area contributed by atoms with Crippen molar-refractivity contribution in [2.45, 2.75) is 38.8 Å². The normalized spacial score (nSPS) is 28.2. The highest BCUT2D eigenvalue weighted by Crippen LogP contribution is 2.23. The lowest BCUT2D eigenvalue weighted by Crippen LogP contribution is -2.32. The van der Waals surface area contributed by atoms with Gasteiger partial charge in [-0.05, 0) is 20.3 Å². The second kappa shape index (κ2) is 4.60. The average Bonchev–Trinajstić information content (AvgIpc) is 2.75. The third kappa shape index (κ3) is 2.77. The quantitative estimate of drug-likeness (QED) is 0.854. The molecule has 2 rings (SSSR count). The van der Waals surface area contributed by atoms with Gasteiger partial charge in [-0.15, -0.1) is 11.3 Å². The molecule has 1 saturated heterocycles. The molecule has 0 amide bonds. The van der Waals surface area contributed by atoms with E-state index in [2.05, 4.69) is 17.3 Å². The van der Waals surface area contributed by atoms with Crippen LogP contribution < -0.4 is 5.73 Å². The van der Waals surface area contributed by atoms with Crippen molar-refractivity contribution in [2.24, 2.45) is 11.7 Å². The van der Waals surface area contributed by atoms with Crippen LogP contribution in [0.25, 0.3) is 0 Å². The summed E-state index contributed by atoms with van der Waals surface area (Å²) in [5, 5.41) is 3.22. The van der Waals surface area contributed by atoms with Crippen LogP contribution in [0.1, 0.15) is 24.0 Å². The Balaban J connectivity index is 1.89. The zero-order valence-electron chi connectivity index (χ0n) is 9.27. The van der Waals surface area contributed by atoms with E-state index in [9.17, 15) is 0 Å². The topological polar surface area (TPSA) is 48.1 Å². The van der Waals surface area contributed by atoms with Crippen LogP contribution in [0.15, 0.2) is 5.38 Å². The highest BCUT2D eigenvalue weighted by atomic mass is 32.1. The highest BCUT2D eigenvalue weighted by molar-refractivity contribution is 7.09. The van der Waals surface area contributed by atoms with Crippen LogP contribution in [0.2, 0.25) is 0 Å². The van der Waals surface area contributed by atoms with Gasteiger partial charge in [0.1, 0.15) is 0 Å². The summed E-state index contributed by atoms with van der Waals surface area (Å²) in [4.78, 5) is 4.44. The molecule has 1 aliphatic rings. The van der Waals surface area contributed by atoms with Crippen LogP contribution >= 0.6 is 11.3 Å². The van der Waals surface area contributed by atoms with Gasteiger partial charge in [0.2, 0.25) is 0 Å². The van der Waals surface area contributed by atoms with E-state index in [0.717, 1.165) is 30.2 Å². The summed E-state index contributed by atoms with van der Waals surface area (Å²) in [6.07, 6.45) is 2.34. The number of aromatic nitrogens is 1. The van der Waals surface area contributed by atoms with E-state index in [1.807, 2.05) is 6.92 Å². The van der Waals surface area contributed by atoms with Crippen LogP contribution in [0.5, 0.6) is 0 Å². The van der Waals surface area contributed by atoms with Gasteiger partial charge >= 0.3 is 0 Å². The van der Waals surface area contributed by atoms with Crippen LogP contribution in [0.3, 0.4) is 0 Å². The molecule has 3 unspecified atom stereocenters. The minimum absolute atomic E-state index is 0.191. The van der Waals surface area contributed by atoms with Crippen molar-refractivity contribution in [3.63, 3.8) is 0 Å². The number of nitrogens with two attached hydrogens (primary N) is 1. The first-order chi connectivity index (χ1) is 7.15. The first kappa shape index (κ1) is 11.0. The van der Waals surface area contributed by atoms with E-state index in [4.69, 9.17) is 10.5 Å². The smallest absolute Gasteiger partial charge is 0.0897 e. The van der Waals surface area contributed by atoms with Gasteiger partial charge in [-0.3, -0.25) is 0 Å². The molecule has 2 heterocycles. The third-order valence-electron chi connectivity index (χ3n) is 2.95. The molecular weight excluding hydrogens is 208 g/mol. The van der Waals surface area contributed by atoms with Crippen LogP contribution in [0.4, 0.5) is 0 Å². The summed E-state index contributed by atoms with van der Waals surface area (Å²) in [5.41, 5.74) is 7.30. The average molecular weight is 226 g/mol. The molecule has 2 N–H and O–H groups in total. The number of nitrogens with zero attached hydrogens (tertiary/aromatic N) is 1.